The monoisotopic (exact) mass is 456 g/mol. The van der Waals surface area contributed by atoms with E-state index < -0.39 is 0 Å². The van der Waals surface area contributed by atoms with E-state index in [0.717, 1.165) is 37.7 Å². The van der Waals surface area contributed by atoms with Gasteiger partial charge in [-0.1, -0.05) is 38.1 Å². The van der Waals surface area contributed by atoms with E-state index in [0.29, 0.717) is 0 Å². The average molecular weight is 456 g/mol. The second-order valence-corrected chi connectivity index (χ2v) is 5.75. The van der Waals surface area contributed by atoms with Gasteiger partial charge in [0.05, 0.1) is 6.04 Å². The number of hydrogen-bond acceptors (Lipinski definition) is 3. The predicted molar refractivity (Wildman–Crippen MR) is 114 cm³/mol. The topological polar surface area (TPSA) is 67.1 Å². The molecule has 0 aliphatic heterocycles. The SMILES string of the molecule is CCc1ccc(C(C)NC(=NC)NCCn2cnnc2CC)cc1.I. The minimum Gasteiger partial charge on any atom is -0.355 e. The molecule has 6 nitrogen and oxygen atoms in total. The van der Waals surface area contributed by atoms with Gasteiger partial charge in [0, 0.05) is 26.6 Å². The number of benzene rings is 1. The molecule has 0 bridgehead atoms. The second-order valence-electron chi connectivity index (χ2n) is 5.75. The summed E-state index contributed by atoms with van der Waals surface area (Å²) in [7, 11) is 1.79. The lowest BCUT2D eigenvalue weighted by molar-refractivity contribution is 0.620. The molecular weight excluding hydrogens is 427 g/mol. The highest BCUT2D eigenvalue weighted by Gasteiger charge is 2.08. The maximum Gasteiger partial charge on any atom is 0.191 e. The standard InChI is InChI=1S/C18H28N6.HI/c1-5-15-7-9-16(10-8-15)14(3)22-18(19-4)20-11-12-24-13-21-23-17(24)6-2;/h7-10,13-14H,5-6,11-12H2,1-4H3,(H2,19,20,22);1H. The molecular formula is C18H29IN6. The molecule has 7 heteroatoms. The number of hydrogen-bond donors (Lipinski definition) is 2. The summed E-state index contributed by atoms with van der Waals surface area (Å²) in [6, 6.07) is 8.91. The average Bonchev–Trinajstić information content (AvgIpc) is 3.08. The van der Waals surface area contributed by atoms with E-state index in [2.05, 4.69) is 75.4 Å². The van der Waals surface area contributed by atoms with Crippen molar-refractivity contribution in [2.24, 2.45) is 4.99 Å². The molecule has 0 radical (unpaired) electrons. The van der Waals surface area contributed by atoms with Crippen LogP contribution in [0, 0.1) is 0 Å². The zero-order chi connectivity index (χ0) is 17.4. The number of guanidine groups is 1. The third-order valence-corrected chi connectivity index (χ3v) is 4.12. The number of aliphatic imine (C=N–C) groups is 1. The Bertz CT molecular complexity index is 650. The lowest BCUT2D eigenvalue weighted by Gasteiger charge is -2.19. The number of nitrogens with zero attached hydrogens (tertiary/aromatic N) is 4. The van der Waals surface area contributed by atoms with E-state index in [1.54, 1.807) is 13.4 Å². The highest BCUT2D eigenvalue weighted by Crippen LogP contribution is 2.13. The van der Waals surface area contributed by atoms with Gasteiger partial charge >= 0.3 is 0 Å². The van der Waals surface area contributed by atoms with E-state index in [4.69, 9.17) is 0 Å². The van der Waals surface area contributed by atoms with Crippen molar-refractivity contribution in [2.75, 3.05) is 13.6 Å². The van der Waals surface area contributed by atoms with Crippen molar-refractivity contribution in [3.05, 3.63) is 47.5 Å². The fraction of sp³-hybridized carbons (Fsp3) is 0.500. The van der Waals surface area contributed by atoms with Gasteiger partial charge in [0.1, 0.15) is 12.2 Å². The quantitative estimate of drug-likeness (QED) is 0.382. The molecule has 1 atom stereocenters. The fourth-order valence-corrected chi connectivity index (χ4v) is 2.56. The number of aromatic nitrogens is 3. The highest BCUT2D eigenvalue weighted by molar-refractivity contribution is 14.0. The molecule has 1 aromatic heterocycles. The molecule has 2 aromatic rings. The summed E-state index contributed by atoms with van der Waals surface area (Å²) in [5.74, 6) is 1.80. The highest BCUT2D eigenvalue weighted by atomic mass is 127. The van der Waals surface area contributed by atoms with Gasteiger partial charge in [0.15, 0.2) is 5.96 Å². The molecule has 0 amide bonds. The first-order valence-corrected chi connectivity index (χ1v) is 8.60. The molecule has 0 aliphatic carbocycles. The van der Waals surface area contributed by atoms with Crippen LogP contribution in [0.4, 0.5) is 0 Å². The van der Waals surface area contributed by atoms with Gasteiger partial charge in [-0.05, 0) is 24.5 Å². The van der Waals surface area contributed by atoms with Crippen molar-refractivity contribution >= 4 is 29.9 Å². The van der Waals surface area contributed by atoms with E-state index in [1.165, 1.54) is 11.1 Å². The molecule has 1 aromatic carbocycles. The Hall–Kier alpha value is -1.64. The molecule has 0 saturated carbocycles. The maximum absolute atomic E-state index is 4.30. The van der Waals surface area contributed by atoms with Crippen LogP contribution in [0.2, 0.25) is 0 Å². The van der Waals surface area contributed by atoms with E-state index in [1.807, 2.05) is 0 Å². The third kappa shape index (κ3) is 6.30. The van der Waals surface area contributed by atoms with Crippen LogP contribution >= 0.6 is 24.0 Å². The van der Waals surface area contributed by atoms with Crippen LogP contribution in [0.25, 0.3) is 0 Å². The van der Waals surface area contributed by atoms with Gasteiger partial charge in [-0.3, -0.25) is 4.99 Å². The maximum atomic E-state index is 4.30. The van der Waals surface area contributed by atoms with Crippen LogP contribution in [0.5, 0.6) is 0 Å². The summed E-state index contributed by atoms with van der Waals surface area (Å²) in [5.41, 5.74) is 2.61. The van der Waals surface area contributed by atoms with Crippen LogP contribution in [0.3, 0.4) is 0 Å². The lowest BCUT2D eigenvalue weighted by atomic mass is 10.1. The summed E-state index contributed by atoms with van der Waals surface area (Å²) in [5, 5.41) is 14.8. The second kappa shape index (κ2) is 11.1. The van der Waals surface area contributed by atoms with E-state index >= 15 is 0 Å². The Morgan fingerprint density at radius 2 is 1.92 bits per heavy atom. The van der Waals surface area contributed by atoms with Crippen molar-refractivity contribution in [2.45, 2.75) is 46.2 Å². The Labute approximate surface area is 167 Å². The normalized spacial score (nSPS) is 12.4. The first-order valence-electron chi connectivity index (χ1n) is 8.60. The molecule has 2 rings (SSSR count). The molecule has 138 valence electrons. The molecule has 1 unspecified atom stereocenters. The molecule has 0 fully saturated rings. The van der Waals surface area contributed by atoms with Gasteiger partial charge < -0.3 is 15.2 Å². The van der Waals surface area contributed by atoms with Crippen molar-refractivity contribution in [3.63, 3.8) is 0 Å². The van der Waals surface area contributed by atoms with Gasteiger partial charge in [-0.15, -0.1) is 34.2 Å². The predicted octanol–water partition coefficient (Wildman–Crippen LogP) is 2.95. The van der Waals surface area contributed by atoms with Crippen LogP contribution in [0.15, 0.2) is 35.6 Å². The smallest absolute Gasteiger partial charge is 0.191 e. The van der Waals surface area contributed by atoms with Crippen molar-refractivity contribution in [1.29, 1.82) is 0 Å². The number of aryl methyl sites for hydroxylation is 2. The summed E-state index contributed by atoms with van der Waals surface area (Å²) >= 11 is 0. The van der Waals surface area contributed by atoms with Gasteiger partial charge in [0.25, 0.3) is 0 Å². The third-order valence-electron chi connectivity index (χ3n) is 4.12. The minimum atomic E-state index is 0. The first kappa shape index (κ1) is 21.4. The van der Waals surface area contributed by atoms with Crippen LogP contribution in [-0.4, -0.2) is 34.3 Å². The summed E-state index contributed by atoms with van der Waals surface area (Å²) in [4.78, 5) is 4.30. The van der Waals surface area contributed by atoms with Gasteiger partial charge in [0.2, 0.25) is 0 Å². The van der Waals surface area contributed by atoms with Crippen molar-refractivity contribution in [3.8, 4) is 0 Å². The Balaban J connectivity index is 0.00000312. The molecule has 25 heavy (non-hydrogen) atoms. The number of halogens is 1. The molecule has 1 heterocycles. The molecule has 2 N–H and O–H groups in total. The first-order chi connectivity index (χ1) is 11.7. The Kier molecular flexibility index (Phi) is 9.48. The summed E-state index contributed by atoms with van der Waals surface area (Å²) in [6.07, 6.45) is 3.72. The lowest BCUT2D eigenvalue weighted by Crippen LogP contribution is -2.40. The van der Waals surface area contributed by atoms with Crippen LogP contribution in [0.1, 0.15) is 43.8 Å². The minimum absolute atomic E-state index is 0. The zero-order valence-corrected chi connectivity index (χ0v) is 17.8. The number of rotatable bonds is 7. The molecule has 0 saturated heterocycles. The molecule has 0 aliphatic rings. The van der Waals surface area contributed by atoms with E-state index in [-0.39, 0.29) is 30.0 Å². The summed E-state index contributed by atoms with van der Waals surface area (Å²) in [6.45, 7) is 7.98. The van der Waals surface area contributed by atoms with E-state index in [9.17, 15) is 0 Å². The van der Waals surface area contributed by atoms with Crippen LogP contribution in [-0.2, 0) is 19.4 Å². The molecule has 0 spiro atoms. The number of nitrogens with one attached hydrogen (secondary N) is 2. The fourth-order valence-electron chi connectivity index (χ4n) is 2.56. The van der Waals surface area contributed by atoms with Gasteiger partial charge in [-0.25, -0.2) is 0 Å². The van der Waals surface area contributed by atoms with Crippen LogP contribution < -0.4 is 10.6 Å². The van der Waals surface area contributed by atoms with Gasteiger partial charge in [-0.2, -0.15) is 0 Å². The van der Waals surface area contributed by atoms with Crippen molar-refractivity contribution in [1.82, 2.24) is 25.4 Å². The zero-order valence-electron chi connectivity index (χ0n) is 15.5. The summed E-state index contributed by atoms with van der Waals surface area (Å²) < 4.78 is 2.06. The Morgan fingerprint density at radius 3 is 2.52 bits per heavy atom. The van der Waals surface area contributed by atoms with Crippen molar-refractivity contribution < 1.29 is 0 Å². The Morgan fingerprint density at radius 1 is 1.20 bits per heavy atom. The largest absolute Gasteiger partial charge is 0.355 e.